The van der Waals surface area contributed by atoms with Gasteiger partial charge in [-0.15, -0.1) is 0 Å². The van der Waals surface area contributed by atoms with Gasteiger partial charge in [0.25, 0.3) is 5.91 Å². The van der Waals surface area contributed by atoms with Crippen LogP contribution < -0.4 is 4.72 Å². The van der Waals surface area contributed by atoms with Crippen LogP contribution in [0.5, 0.6) is 0 Å². The lowest BCUT2D eigenvalue weighted by atomic mass is 10.2. The molecular weight excluding hydrogens is 300 g/mol. The predicted molar refractivity (Wildman–Crippen MR) is 86.3 cm³/mol. The van der Waals surface area contributed by atoms with E-state index in [2.05, 4.69) is 4.72 Å². The molecule has 0 saturated heterocycles. The Kier molecular flexibility index (Phi) is 5.58. The smallest absolute Gasteiger partial charge is 0.253 e. The third-order valence-corrected chi connectivity index (χ3v) is 5.68. The molecule has 0 aliphatic heterocycles. The first-order valence-electron chi connectivity index (χ1n) is 7.89. The lowest BCUT2D eigenvalue weighted by Gasteiger charge is -2.18. The second kappa shape index (κ2) is 7.24. The van der Waals surface area contributed by atoms with E-state index in [1.807, 2.05) is 13.8 Å². The molecule has 1 aromatic rings. The van der Waals surface area contributed by atoms with Crippen molar-refractivity contribution < 1.29 is 13.2 Å². The van der Waals surface area contributed by atoms with Crippen LogP contribution >= 0.6 is 0 Å². The molecule has 0 aromatic heterocycles. The lowest BCUT2D eigenvalue weighted by Crippen LogP contribution is -2.33. The molecule has 5 nitrogen and oxygen atoms in total. The summed E-state index contributed by atoms with van der Waals surface area (Å²) in [5, 5.41) is 0. The molecular formula is C16H24N2O3S. The third kappa shape index (κ3) is 3.87. The summed E-state index contributed by atoms with van der Waals surface area (Å²) in [4.78, 5) is 14.1. The van der Waals surface area contributed by atoms with Crippen LogP contribution in [0.15, 0.2) is 29.2 Å². The highest BCUT2D eigenvalue weighted by molar-refractivity contribution is 7.89. The number of carbonyl (C=O) groups excluding carboxylic acids is 1. The van der Waals surface area contributed by atoms with Gasteiger partial charge >= 0.3 is 0 Å². The minimum atomic E-state index is -3.49. The van der Waals surface area contributed by atoms with E-state index in [1.165, 1.54) is 12.1 Å². The van der Waals surface area contributed by atoms with E-state index in [0.717, 1.165) is 25.7 Å². The van der Waals surface area contributed by atoms with Crippen molar-refractivity contribution in [2.24, 2.45) is 0 Å². The molecule has 0 bridgehead atoms. The van der Waals surface area contributed by atoms with Crippen molar-refractivity contribution in [1.82, 2.24) is 9.62 Å². The summed E-state index contributed by atoms with van der Waals surface area (Å²) in [5.74, 6) is -0.0716. The molecule has 0 radical (unpaired) electrons. The standard InChI is InChI=1S/C16H24N2O3S/c1-3-18(4-2)16(19)13-9-11-15(12-10-13)22(20,21)17-14-7-5-6-8-14/h9-12,14,17H,3-8H2,1-2H3. The molecule has 0 spiro atoms. The van der Waals surface area contributed by atoms with Gasteiger partial charge in [-0.05, 0) is 51.0 Å². The summed E-state index contributed by atoms with van der Waals surface area (Å²) in [5.41, 5.74) is 0.517. The topological polar surface area (TPSA) is 66.5 Å². The number of sulfonamides is 1. The zero-order valence-corrected chi connectivity index (χ0v) is 14.0. The van der Waals surface area contributed by atoms with Crippen molar-refractivity contribution >= 4 is 15.9 Å². The first-order valence-corrected chi connectivity index (χ1v) is 9.38. The number of carbonyl (C=O) groups is 1. The van der Waals surface area contributed by atoms with E-state index in [-0.39, 0.29) is 16.8 Å². The fourth-order valence-corrected chi connectivity index (χ4v) is 4.11. The van der Waals surface area contributed by atoms with Crippen molar-refractivity contribution in [2.45, 2.75) is 50.5 Å². The molecule has 0 heterocycles. The quantitative estimate of drug-likeness (QED) is 0.874. The fraction of sp³-hybridized carbons (Fsp3) is 0.562. The van der Waals surface area contributed by atoms with E-state index >= 15 is 0 Å². The molecule has 1 saturated carbocycles. The summed E-state index contributed by atoms with van der Waals surface area (Å²) < 4.78 is 27.4. The van der Waals surface area contributed by atoms with Crippen molar-refractivity contribution in [3.63, 3.8) is 0 Å². The number of nitrogens with one attached hydrogen (secondary N) is 1. The summed E-state index contributed by atoms with van der Waals surface area (Å²) >= 11 is 0. The second-order valence-electron chi connectivity index (χ2n) is 5.60. The number of nitrogens with zero attached hydrogens (tertiary/aromatic N) is 1. The van der Waals surface area contributed by atoms with Crippen molar-refractivity contribution in [2.75, 3.05) is 13.1 Å². The Labute approximate surface area is 132 Å². The van der Waals surface area contributed by atoms with E-state index in [9.17, 15) is 13.2 Å². The van der Waals surface area contributed by atoms with E-state index in [0.29, 0.717) is 18.7 Å². The molecule has 6 heteroatoms. The van der Waals surface area contributed by atoms with Crippen LogP contribution in [-0.4, -0.2) is 38.4 Å². The predicted octanol–water partition coefficient (Wildman–Crippen LogP) is 2.39. The molecule has 1 fully saturated rings. The van der Waals surface area contributed by atoms with Gasteiger partial charge in [-0.3, -0.25) is 4.79 Å². The van der Waals surface area contributed by atoms with Crippen molar-refractivity contribution in [3.8, 4) is 0 Å². The van der Waals surface area contributed by atoms with Crippen LogP contribution in [0.4, 0.5) is 0 Å². The highest BCUT2D eigenvalue weighted by atomic mass is 32.2. The van der Waals surface area contributed by atoms with Crippen LogP contribution in [-0.2, 0) is 10.0 Å². The second-order valence-corrected chi connectivity index (χ2v) is 7.32. The van der Waals surface area contributed by atoms with Gasteiger partial charge in [-0.1, -0.05) is 12.8 Å². The lowest BCUT2D eigenvalue weighted by molar-refractivity contribution is 0.0773. The molecule has 22 heavy (non-hydrogen) atoms. The Balaban J connectivity index is 2.12. The average molecular weight is 324 g/mol. The summed E-state index contributed by atoms with van der Waals surface area (Å²) in [6, 6.07) is 6.23. The van der Waals surface area contributed by atoms with Crippen LogP contribution in [0, 0.1) is 0 Å². The normalized spacial score (nSPS) is 15.9. The maximum absolute atomic E-state index is 12.3. The molecule has 1 aliphatic carbocycles. The van der Waals surface area contributed by atoms with Crippen LogP contribution in [0.1, 0.15) is 49.9 Å². The summed E-state index contributed by atoms with van der Waals surface area (Å²) in [6.07, 6.45) is 3.95. The molecule has 0 atom stereocenters. The molecule has 122 valence electrons. The van der Waals surface area contributed by atoms with Crippen LogP contribution in [0.25, 0.3) is 0 Å². The number of hydrogen-bond acceptors (Lipinski definition) is 3. The van der Waals surface area contributed by atoms with Gasteiger partial charge in [0.05, 0.1) is 4.90 Å². The van der Waals surface area contributed by atoms with Gasteiger partial charge in [-0.2, -0.15) is 0 Å². The average Bonchev–Trinajstić information content (AvgIpc) is 3.00. The highest BCUT2D eigenvalue weighted by Gasteiger charge is 2.23. The minimum absolute atomic E-state index is 0.0435. The van der Waals surface area contributed by atoms with Crippen molar-refractivity contribution in [1.29, 1.82) is 0 Å². The van der Waals surface area contributed by atoms with Crippen molar-refractivity contribution in [3.05, 3.63) is 29.8 Å². The van der Waals surface area contributed by atoms with Gasteiger partial charge in [0.2, 0.25) is 10.0 Å². The largest absolute Gasteiger partial charge is 0.339 e. The van der Waals surface area contributed by atoms with Gasteiger partial charge < -0.3 is 4.90 Å². The zero-order chi connectivity index (χ0) is 16.2. The Bertz CT molecular complexity index is 601. The van der Waals surface area contributed by atoms with Gasteiger partial charge in [0, 0.05) is 24.7 Å². The Morgan fingerprint density at radius 3 is 2.18 bits per heavy atom. The van der Waals surface area contributed by atoms with E-state index in [4.69, 9.17) is 0 Å². The summed E-state index contributed by atoms with van der Waals surface area (Å²) in [7, 11) is -3.49. The first kappa shape index (κ1) is 17.0. The number of amides is 1. The highest BCUT2D eigenvalue weighted by Crippen LogP contribution is 2.20. The fourth-order valence-electron chi connectivity index (χ4n) is 2.80. The van der Waals surface area contributed by atoms with Gasteiger partial charge in [0.1, 0.15) is 0 Å². The number of benzene rings is 1. The van der Waals surface area contributed by atoms with Crippen LogP contribution in [0.2, 0.25) is 0 Å². The van der Waals surface area contributed by atoms with Gasteiger partial charge in [0.15, 0.2) is 0 Å². The zero-order valence-electron chi connectivity index (χ0n) is 13.2. The van der Waals surface area contributed by atoms with Crippen LogP contribution in [0.3, 0.4) is 0 Å². The molecule has 0 unspecified atom stereocenters. The molecule has 1 N–H and O–H groups in total. The summed E-state index contributed by atoms with van der Waals surface area (Å²) in [6.45, 7) is 5.12. The number of hydrogen-bond donors (Lipinski definition) is 1. The third-order valence-electron chi connectivity index (χ3n) is 4.14. The Hall–Kier alpha value is -1.40. The molecule has 2 rings (SSSR count). The van der Waals surface area contributed by atoms with Gasteiger partial charge in [-0.25, -0.2) is 13.1 Å². The Morgan fingerprint density at radius 1 is 1.14 bits per heavy atom. The maximum atomic E-state index is 12.3. The first-order chi connectivity index (χ1) is 10.5. The monoisotopic (exact) mass is 324 g/mol. The minimum Gasteiger partial charge on any atom is -0.339 e. The Morgan fingerprint density at radius 2 is 1.68 bits per heavy atom. The molecule has 1 aliphatic rings. The van der Waals surface area contributed by atoms with E-state index in [1.54, 1.807) is 17.0 Å². The molecule has 1 amide bonds. The maximum Gasteiger partial charge on any atom is 0.253 e. The molecule has 1 aromatic carbocycles. The SMILES string of the molecule is CCN(CC)C(=O)c1ccc(S(=O)(=O)NC2CCCC2)cc1. The van der Waals surface area contributed by atoms with E-state index < -0.39 is 10.0 Å². The number of rotatable bonds is 6.